The van der Waals surface area contributed by atoms with Crippen LogP contribution in [0, 0.1) is 11.7 Å². The van der Waals surface area contributed by atoms with Crippen LogP contribution in [0.3, 0.4) is 0 Å². The number of hydrogen-bond donors (Lipinski definition) is 1. The average Bonchev–Trinajstić information content (AvgIpc) is 3.79. The fourth-order valence-corrected chi connectivity index (χ4v) is 6.08. The number of alkyl halides is 2. The predicted molar refractivity (Wildman–Crippen MR) is 174 cm³/mol. The molecule has 0 bridgehead atoms. The van der Waals surface area contributed by atoms with Crippen molar-refractivity contribution in [3.63, 3.8) is 0 Å². The number of ether oxygens (including phenoxy) is 1. The molecule has 1 aromatic carbocycles. The summed E-state index contributed by atoms with van der Waals surface area (Å²) in [7, 11) is 0. The molecule has 2 amide bonds. The number of nitrogens with zero attached hydrogens (tertiary/aromatic N) is 7. The number of carbonyl (C=O) groups excluding carboxylic acids is 2. The van der Waals surface area contributed by atoms with E-state index in [9.17, 15) is 14.0 Å². The first-order valence-electron chi connectivity index (χ1n) is 15.3. The molecule has 2 aliphatic rings. The van der Waals surface area contributed by atoms with Crippen LogP contribution in [-0.2, 0) is 17.8 Å². The van der Waals surface area contributed by atoms with Gasteiger partial charge in [0.25, 0.3) is 5.91 Å². The van der Waals surface area contributed by atoms with E-state index in [0.717, 1.165) is 30.1 Å². The van der Waals surface area contributed by atoms with Gasteiger partial charge in [0.2, 0.25) is 0 Å². The Kier molecular flexibility index (Phi) is 7.85. The van der Waals surface area contributed by atoms with Crippen molar-refractivity contribution in [2.45, 2.75) is 51.8 Å². The Balaban J connectivity index is 1.46. The van der Waals surface area contributed by atoms with Gasteiger partial charge >= 0.3 is 12.0 Å². The monoisotopic (exact) mass is 688 g/mol. The Labute approximate surface area is 282 Å². The normalized spacial score (nSPS) is 16.0. The molecule has 0 unspecified atom stereocenters. The van der Waals surface area contributed by atoms with Gasteiger partial charge in [-0.05, 0) is 74.4 Å². The number of hydrogen-bond acceptors (Lipinski definition) is 8. The van der Waals surface area contributed by atoms with Crippen molar-refractivity contribution in [1.82, 2.24) is 29.7 Å². The second kappa shape index (κ2) is 11.9. The highest BCUT2D eigenvalue weighted by atomic mass is 35.5. The third kappa shape index (κ3) is 5.86. The molecule has 1 aliphatic carbocycles. The molecule has 4 aromatic heterocycles. The predicted octanol–water partition coefficient (Wildman–Crippen LogP) is 6.29. The molecule has 250 valence electrons. The lowest BCUT2D eigenvalue weighted by atomic mass is 9.91. The molecule has 1 saturated carbocycles. The van der Waals surface area contributed by atoms with E-state index >= 15 is 8.78 Å². The third-order valence-corrected chi connectivity index (χ3v) is 8.73. The van der Waals surface area contributed by atoms with E-state index in [-0.39, 0.29) is 35.3 Å². The molecule has 1 fully saturated rings. The number of amides is 2. The molecule has 0 saturated heterocycles. The first-order valence-corrected chi connectivity index (χ1v) is 15.7. The molecular weight excluding hydrogens is 661 g/mol. The van der Waals surface area contributed by atoms with Gasteiger partial charge in [-0.2, -0.15) is 13.9 Å². The lowest BCUT2D eigenvalue weighted by molar-refractivity contribution is -0.193. The number of primary amides is 1. The highest BCUT2D eigenvalue weighted by molar-refractivity contribution is 6.30. The van der Waals surface area contributed by atoms with Gasteiger partial charge in [0, 0.05) is 11.8 Å². The van der Waals surface area contributed by atoms with Crippen LogP contribution in [0.5, 0.6) is 5.75 Å². The molecule has 49 heavy (non-hydrogen) atoms. The van der Waals surface area contributed by atoms with E-state index in [4.69, 9.17) is 32.2 Å². The maximum atomic E-state index is 15.2. The zero-order chi connectivity index (χ0) is 34.8. The van der Waals surface area contributed by atoms with E-state index < -0.39 is 29.8 Å². The van der Waals surface area contributed by atoms with Crippen molar-refractivity contribution in [3.8, 4) is 16.9 Å². The van der Waals surface area contributed by atoms with Crippen molar-refractivity contribution in [3.05, 3.63) is 94.8 Å². The topological polar surface area (TPSA) is 142 Å². The van der Waals surface area contributed by atoms with Crippen molar-refractivity contribution < 1.29 is 27.5 Å². The standard InChI is InChI=1S/C34H28ClF3N8O3/c1-16(2)29-28-26(19-6-9-24-25(11-19)49-34(37,38)33(48)45(24)15-22-8-7-20(35)12-40-22)27(30(39)47)23(10-18-4-5-18)43-32(28)46(44-29)17(3)31-41-13-21(36)14-42-31/h6-9,11-14,17-18H,1,4-5,10,15H2,2-3H3,(H2,39,47)/t17-/m0/s1. The number of carbonyl (C=O) groups is 2. The van der Waals surface area contributed by atoms with Crippen LogP contribution in [0.15, 0.2) is 55.5 Å². The van der Waals surface area contributed by atoms with Gasteiger partial charge in [0.05, 0.1) is 57.7 Å². The van der Waals surface area contributed by atoms with Crippen molar-refractivity contribution in [2.75, 3.05) is 4.90 Å². The number of allylic oxidation sites excluding steroid dienone is 1. The third-order valence-electron chi connectivity index (χ3n) is 8.51. The first-order chi connectivity index (χ1) is 23.3. The van der Waals surface area contributed by atoms with Crippen LogP contribution in [0.25, 0.3) is 27.7 Å². The number of rotatable bonds is 9. The summed E-state index contributed by atoms with van der Waals surface area (Å²) >= 11 is 5.94. The molecule has 2 N–H and O–H groups in total. The largest absolute Gasteiger partial charge is 0.482 e. The van der Waals surface area contributed by atoms with Gasteiger partial charge in [-0.15, -0.1) is 0 Å². The van der Waals surface area contributed by atoms with E-state index in [1.807, 2.05) is 0 Å². The fourth-order valence-electron chi connectivity index (χ4n) is 5.97. The average molecular weight is 689 g/mol. The Morgan fingerprint density at radius 3 is 2.53 bits per heavy atom. The molecule has 7 rings (SSSR count). The number of nitrogens with two attached hydrogens (primary N) is 1. The lowest BCUT2D eigenvalue weighted by Crippen LogP contribution is -2.50. The molecule has 1 atom stereocenters. The highest BCUT2D eigenvalue weighted by Crippen LogP contribution is 2.46. The summed E-state index contributed by atoms with van der Waals surface area (Å²) in [5, 5.41) is 5.54. The molecular formula is C34H28ClF3N8O3. The van der Waals surface area contributed by atoms with Crippen molar-refractivity contribution in [1.29, 1.82) is 0 Å². The van der Waals surface area contributed by atoms with Gasteiger partial charge in [-0.3, -0.25) is 19.5 Å². The minimum absolute atomic E-state index is 0.0680. The maximum Gasteiger partial charge on any atom is 0.482 e. The second-order valence-corrected chi connectivity index (χ2v) is 12.6. The maximum absolute atomic E-state index is 15.2. The zero-order valence-electron chi connectivity index (χ0n) is 26.3. The van der Waals surface area contributed by atoms with Crippen LogP contribution in [0.1, 0.15) is 66.0 Å². The van der Waals surface area contributed by atoms with Gasteiger partial charge < -0.3 is 10.5 Å². The Hall–Kier alpha value is -5.37. The SMILES string of the molecule is C=C(C)c1nn([C@@H](C)c2ncc(F)cn2)c2nc(CC3CC3)c(C(N)=O)c(-c3ccc4c(c3)OC(F)(F)C(=O)N4Cc3ccc(Cl)cn3)c12. The van der Waals surface area contributed by atoms with E-state index in [0.29, 0.717) is 56.3 Å². The van der Waals surface area contributed by atoms with Crippen molar-refractivity contribution >= 4 is 45.7 Å². The van der Waals surface area contributed by atoms with Crippen LogP contribution in [0.4, 0.5) is 18.9 Å². The number of pyridine rings is 2. The Morgan fingerprint density at radius 1 is 1.16 bits per heavy atom. The lowest BCUT2D eigenvalue weighted by Gasteiger charge is -2.33. The van der Waals surface area contributed by atoms with Gasteiger partial charge in [0.15, 0.2) is 23.0 Å². The zero-order valence-corrected chi connectivity index (χ0v) is 27.0. The van der Waals surface area contributed by atoms with E-state index in [1.54, 1.807) is 30.7 Å². The molecule has 15 heteroatoms. The minimum atomic E-state index is -4.20. The molecule has 5 aromatic rings. The smallest absolute Gasteiger partial charge is 0.423 e. The van der Waals surface area contributed by atoms with Crippen LogP contribution >= 0.6 is 11.6 Å². The van der Waals surface area contributed by atoms with Crippen LogP contribution in [0.2, 0.25) is 5.02 Å². The Morgan fingerprint density at radius 2 is 1.90 bits per heavy atom. The second-order valence-electron chi connectivity index (χ2n) is 12.2. The molecule has 11 nitrogen and oxygen atoms in total. The summed E-state index contributed by atoms with van der Waals surface area (Å²) in [4.78, 5) is 44.4. The summed E-state index contributed by atoms with van der Waals surface area (Å²) in [6.45, 7) is 7.30. The minimum Gasteiger partial charge on any atom is -0.423 e. The first kappa shape index (κ1) is 32.2. The Bertz CT molecular complexity index is 2170. The highest BCUT2D eigenvalue weighted by Gasteiger charge is 2.50. The number of anilines is 1. The van der Waals surface area contributed by atoms with Gasteiger partial charge in [-0.25, -0.2) is 24.0 Å². The van der Waals surface area contributed by atoms with Crippen LogP contribution < -0.4 is 15.4 Å². The van der Waals surface area contributed by atoms with E-state index in [1.165, 1.54) is 24.4 Å². The molecule has 1 aliphatic heterocycles. The summed E-state index contributed by atoms with van der Waals surface area (Å²) in [6.07, 6.45) is 1.57. The summed E-state index contributed by atoms with van der Waals surface area (Å²) < 4.78 is 50.6. The van der Waals surface area contributed by atoms with Crippen LogP contribution in [-0.4, -0.2) is 47.6 Å². The summed E-state index contributed by atoms with van der Waals surface area (Å²) in [5.41, 5.74) is 8.75. The van der Waals surface area contributed by atoms with Crippen molar-refractivity contribution in [2.24, 2.45) is 11.7 Å². The fraction of sp³-hybridized carbons (Fsp3) is 0.265. The summed E-state index contributed by atoms with van der Waals surface area (Å²) in [5.74, 6) is -2.72. The number of halogens is 4. The molecule has 5 heterocycles. The summed E-state index contributed by atoms with van der Waals surface area (Å²) in [6, 6.07) is 6.82. The number of benzene rings is 1. The van der Waals surface area contributed by atoms with Gasteiger partial charge in [-0.1, -0.05) is 24.2 Å². The van der Waals surface area contributed by atoms with Gasteiger partial charge in [0.1, 0.15) is 6.04 Å². The number of fused-ring (bicyclic) bond motifs is 2. The molecule has 0 radical (unpaired) electrons. The molecule has 0 spiro atoms. The number of aromatic nitrogens is 6. The quantitative estimate of drug-likeness (QED) is 0.191. The van der Waals surface area contributed by atoms with E-state index in [2.05, 4.69) is 21.5 Å².